The molecule has 0 spiro atoms. The third-order valence-electron chi connectivity index (χ3n) is 6.59. The number of aromatic nitrogens is 2. The summed E-state index contributed by atoms with van der Waals surface area (Å²) >= 11 is 6.13. The van der Waals surface area contributed by atoms with Gasteiger partial charge in [0.05, 0.1) is 18.6 Å². The Bertz CT molecular complexity index is 1260. The zero-order valence-corrected chi connectivity index (χ0v) is 22.4. The number of nitrogens with zero attached hydrogens (tertiary/aromatic N) is 2. The van der Waals surface area contributed by atoms with Gasteiger partial charge in [0.25, 0.3) is 0 Å². The molecule has 8 nitrogen and oxygen atoms in total. The molecule has 0 bridgehead atoms. The normalized spacial score (nSPS) is 19.1. The number of nitrogen functional groups attached to an aromatic ring is 1. The number of carboxylic acid groups (broad SMARTS) is 1. The summed E-state index contributed by atoms with van der Waals surface area (Å²) in [6.07, 6.45) is -0.505. The first-order valence-corrected chi connectivity index (χ1v) is 12.5. The molecule has 0 fully saturated rings. The van der Waals surface area contributed by atoms with Crippen LogP contribution in [-0.2, 0) is 9.53 Å². The third kappa shape index (κ3) is 7.77. The molecule has 212 valence electrons. The Morgan fingerprint density at radius 1 is 1.23 bits per heavy atom. The van der Waals surface area contributed by atoms with Crippen molar-refractivity contribution < 1.29 is 32.5 Å². The molecule has 39 heavy (non-hydrogen) atoms. The van der Waals surface area contributed by atoms with Crippen LogP contribution in [0, 0.1) is 5.92 Å². The van der Waals surface area contributed by atoms with Crippen molar-refractivity contribution in [3.8, 4) is 5.88 Å². The van der Waals surface area contributed by atoms with Gasteiger partial charge in [0, 0.05) is 16.7 Å². The Labute approximate surface area is 234 Å². The van der Waals surface area contributed by atoms with E-state index in [1.807, 2.05) is 6.08 Å². The van der Waals surface area contributed by atoms with Crippen LogP contribution in [0.15, 0.2) is 36.6 Å². The molecule has 0 amide bonds. The lowest BCUT2D eigenvalue weighted by atomic mass is 9.84. The number of benzene rings is 1. The molecular formula is C26H29Cl2F3N4O4. The second kappa shape index (κ2) is 12.9. The van der Waals surface area contributed by atoms with Gasteiger partial charge < -0.3 is 26.0 Å². The number of hydrogen-bond acceptors (Lipinski definition) is 7. The molecule has 0 saturated carbocycles. The smallest absolute Gasteiger partial charge is 0.429 e. The van der Waals surface area contributed by atoms with Crippen molar-refractivity contribution in [2.75, 3.05) is 12.3 Å². The van der Waals surface area contributed by atoms with E-state index >= 15 is 0 Å². The van der Waals surface area contributed by atoms with E-state index in [0.29, 0.717) is 62.0 Å². The van der Waals surface area contributed by atoms with Gasteiger partial charge in [-0.2, -0.15) is 18.2 Å². The van der Waals surface area contributed by atoms with Crippen LogP contribution in [0.25, 0.3) is 11.1 Å². The van der Waals surface area contributed by atoms with Crippen molar-refractivity contribution in [3.05, 3.63) is 58.4 Å². The number of carboxylic acids is 1. The van der Waals surface area contributed by atoms with E-state index in [1.54, 1.807) is 0 Å². The Balaban J connectivity index is 0.00000420. The van der Waals surface area contributed by atoms with Gasteiger partial charge in [0.1, 0.15) is 6.04 Å². The van der Waals surface area contributed by atoms with Crippen molar-refractivity contribution in [1.29, 1.82) is 0 Å². The van der Waals surface area contributed by atoms with Crippen LogP contribution in [-0.4, -0.2) is 39.9 Å². The number of aliphatic carboxylic acids is 1. The van der Waals surface area contributed by atoms with Gasteiger partial charge in [-0.1, -0.05) is 23.7 Å². The van der Waals surface area contributed by atoms with Gasteiger partial charge in [0.2, 0.25) is 17.9 Å². The molecule has 1 aromatic carbocycles. The average molecular weight is 589 g/mol. The van der Waals surface area contributed by atoms with Crippen molar-refractivity contribution >= 4 is 47.1 Å². The molecule has 4 rings (SSSR count). The predicted octanol–water partition coefficient (Wildman–Crippen LogP) is 5.95. The lowest BCUT2D eigenvalue weighted by Crippen LogP contribution is -2.32. The second-order valence-electron chi connectivity index (χ2n) is 9.39. The minimum atomic E-state index is -4.78. The molecule has 13 heteroatoms. The molecule has 1 aromatic heterocycles. The number of ether oxygens (including phenoxy) is 2. The molecule has 0 radical (unpaired) electrons. The van der Waals surface area contributed by atoms with E-state index in [4.69, 9.17) is 37.6 Å². The van der Waals surface area contributed by atoms with Crippen molar-refractivity contribution in [1.82, 2.24) is 9.97 Å². The first-order valence-electron chi connectivity index (χ1n) is 12.2. The number of nitrogens with two attached hydrogens (primary N) is 2. The summed E-state index contributed by atoms with van der Waals surface area (Å²) in [5, 5.41) is 9.33. The van der Waals surface area contributed by atoms with Gasteiger partial charge in [-0.3, -0.25) is 4.79 Å². The standard InChI is InChI=1S/C26H28ClF3N4O4.ClH/c27-17-7-8-18(19(11-17)16-2-1-9-37-13-16)23(26(28,29)30)38-22-12-21(33-25(32)34-22)15-5-3-14(4-6-15)10-20(31)24(35)36;/h5,7-8,11-14,20,23H,1-4,6,9-10,31H2,(H,35,36)(H2,32,33,34);1H. The highest BCUT2D eigenvalue weighted by Gasteiger charge is 2.45. The largest absolute Gasteiger partial charge is 0.501 e. The quantitative estimate of drug-likeness (QED) is 0.344. The van der Waals surface area contributed by atoms with Crippen molar-refractivity contribution in [2.24, 2.45) is 11.7 Å². The van der Waals surface area contributed by atoms with Crippen molar-refractivity contribution in [3.63, 3.8) is 0 Å². The SMILES string of the molecule is Cl.Nc1nc(OC(c2ccc(Cl)cc2C2=COCCC2)C(F)(F)F)cc(C2=CCC(CC(N)C(=O)O)CC2)n1. The molecule has 2 aliphatic rings. The maximum atomic E-state index is 14.4. The van der Waals surface area contributed by atoms with Crippen LogP contribution in [0.2, 0.25) is 5.02 Å². The van der Waals surface area contributed by atoms with Crippen LogP contribution >= 0.6 is 24.0 Å². The zero-order valence-electron chi connectivity index (χ0n) is 20.8. The second-order valence-corrected chi connectivity index (χ2v) is 9.82. The minimum absolute atomic E-state index is 0. The van der Waals surface area contributed by atoms with Gasteiger partial charge in [-0.25, -0.2) is 4.98 Å². The summed E-state index contributed by atoms with van der Waals surface area (Å²) in [6, 6.07) is 4.54. The number of hydrogen-bond donors (Lipinski definition) is 3. The lowest BCUT2D eigenvalue weighted by Gasteiger charge is -2.26. The molecule has 0 saturated heterocycles. The minimum Gasteiger partial charge on any atom is -0.501 e. The highest BCUT2D eigenvalue weighted by Crippen LogP contribution is 2.42. The fourth-order valence-electron chi connectivity index (χ4n) is 4.69. The highest BCUT2D eigenvalue weighted by molar-refractivity contribution is 6.30. The van der Waals surface area contributed by atoms with Crippen LogP contribution < -0.4 is 16.2 Å². The first-order chi connectivity index (χ1) is 18.0. The molecule has 2 heterocycles. The predicted molar refractivity (Wildman–Crippen MR) is 143 cm³/mol. The van der Waals surface area contributed by atoms with E-state index in [2.05, 4.69) is 9.97 Å². The topological polar surface area (TPSA) is 134 Å². The average Bonchev–Trinajstić information content (AvgIpc) is 2.87. The number of rotatable bonds is 8. The van der Waals surface area contributed by atoms with Gasteiger partial charge in [0.15, 0.2) is 0 Å². The maximum absolute atomic E-state index is 14.4. The van der Waals surface area contributed by atoms with E-state index in [9.17, 15) is 18.0 Å². The molecule has 3 unspecified atom stereocenters. The molecule has 5 N–H and O–H groups in total. The van der Waals surface area contributed by atoms with Gasteiger partial charge in [-0.15, -0.1) is 12.4 Å². The van der Waals surface area contributed by atoms with E-state index in [1.165, 1.54) is 30.5 Å². The molecule has 1 aliphatic carbocycles. The number of anilines is 1. The van der Waals surface area contributed by atoms with Crippen molar-refractivity contribution in [2.45, 2.75) is 56.8 Å². The van der Waals surface area contributed by atoms with Crippen LogP contribution in [0.5, 0.6) is 5.88 Å². The van der Waals surface area contributed by atoms with Crippen LogP contribution in [0.4, 0.5) is 19.1 Å². The summed E-state index contributed by atoms with van der Waals surface area (Å²) in [5.41, 5.74) is 13.4. The molecule has 3 atom stereocenters. The number of alkyl halides is 3. The maximum Gasteiger partial charge on any atom is 0.429 e. The fourth-order valence-corrected chi connectivity index (χ4v) is 4.86. The zero-order chi connectivity index (χ0) is 27.4. The monoisotopic (exact) mass is 588 g/mol. The van der Waals surface area contributed by atoms with Gasteiger partial charge in [-0.05, 0) is 73.3 Å². The molecule has 2 aromatic rings. The fraction of sp³-hybridized carbons (Fsp3) is 0.423. The van der Waals surface area contributed by atoms with E-state index < -0.39 is 24.3 Å². The molecule has 1 aliphatic heterocycles. The summed E-state index contributed by atoms with van der Waals surface area (Å²) in [5.74, 6) is -1.52. The summed E-state index contributed by atoms with van der Waals surface area (Å²) in [6.45, 7) is 0.491. The van der Waals surface area contributed by atoms with Crippen LogP contribution in [0.3, 0.4) is 0 Å². The highest BCUT2D eigenvalue weighted by atomic mass is 35.5. The Morgan fingerprint density at radius 3 is 2.62 bits per heavy atom. The Kier molecular flexibility index (Phi) is 10.1. The number of carbonyl (C=O) groups is 1. The summed E-state index contributed by atoms with van der Waals surface area (Å²) in [4.78, 5) is 19.1. The first kappa shape index (κ1) is 30.5. The van der Waals surface area contributed by atoms with Crippen LogP contribution in [0.1, 0.15) is 61.4 Å². The summed E-state index contributed by atoms with van der Waals surface area (Å²) in [7, 11) is 0. The summed E-state index contributed by atoms with van der Waals surface area (Å²) < 4.78 is 53.9. The lowest BCUT2D eigenvalue weighted by molar-refractivity contribution is -0.198. The van der Waals surface area contributed by atoms with E-state index in [0.717, 1.165) is 5.57 Å². The third-order valence-corrected chi connectivity index (χ3v) is 6.82. The number of halogens is 5. The number of allylic oxidation sites excluding steroid dienone is 3. The Hall–Kier alpha value is -3.02. The van der Waals surface area contributed by atoms with E-state index in [-0.39, 0.29) is 40.7 Å². The van der Waals surface area contributed by atoms with Gasteiger partial charge >= 0.3 is 12.1 Å². The molecular weight excluding hydrogens is 560 g/mol. The Morgan fingerprint density at radius 2 is 2.00 bits per heavy atom.